The van der Waals surface area contributed by atoms with Crippen LogP contribution in [0.2, 0.25) is 0 Å². The zero-order chi connectivity index (χ0) is 11.3. The molecule has 0 radical (unpaired) electrons. The average Bonchev–Trinajstić information content (AvgIpc) is 2.64. The van der Waals surface area contributed by atoms with E-state index >= 15 is 0 Å². The molecule has 0 aromatic carbocycles. The van der Waals surface area contributed by atoms with Gasteiger partial charge >= 0.3 is 0 Å². The second-order valence-corrected chi connectivity index (χ2v) is 3.15. The van der Waals surface area contributed by atoms with Gasteiger partial charge in [0.15, 0.2) is 0 Å². The topological polar surface area (TPSA) is 64.0 Å². The van der Waals surface area contributed by atoms with Gasteiger partial charge in [0, 0.05) is 19.0 Å². The Morgan fingerprint density at radius 3 is 2.80 bits per heavy atom. The second-order valence-electron chi connectivity index (χ2n) is 3.15. The van der Waals surface area contributed by atoms with Crippen LogP contribution >= 0.6 is 0 Å². The van der Waals surface area contributed by atoms with Crippen molar-refractivity contribution in [3.8, 4) is 0 Å². The third-order valence-corrected chi connectivity index (χ3v) is 2.04. The normalized spacial score (nSPS) is 10.0. The lowest BCUT2D eigenvalue weighted by atomic mass is 10.2. The van der Waals surface area contributed by atoms with Gasteiger partial charge in [-0.3, -0.25) is 9.59 Å². The van der Waals surface area contributed by atoms with Gasteiger partial charge in [0.2, 0.25) is 5.91 Å². The van der Waals surface area contributed by atoms with Crippen molar-refractivity contribution in [2.75, 3.05) is 5.32 Å². The van der Waals surface area contributed by atoms with Crippen molar-refractivity contribution in [2.45, 2.75) is 33.2 Å². The molecular weight excluding hydrogens is 194 g/mol. The molecule has 0 aliphatic rings. The van der Waals surface area contributed by atoms with Gasteiger partial charge in [0.25, 0.3) is 0 Å². The van der Waals surface area contributed by atoms with E-state index in [2.05, 4.69) is 10.4 Å². The number of nitrogens with one attached hydrogen (secondary N) is 1. The van der Waals surface area contributed by atoms with Crippen molar-refractivity contribution in [2.24, 2.45) is 0 Å². The summed E-state index contributed by atoms with van der Waals surface area (Å²) in [5.74, 6) is 0.290. The van der Waals surface area contributed by atoms with Crippen LogP contribution < -0.4 is 5.32 Å². The standard InChI is InChI=1S/C10H15N3O2/c1-3-8(14)7-10(15)12-9-5-6-11-13(9)4-2/h5-6H,3-4,7H2,1-2H3,(H,12,15). The minimum atomic E-state index is -0.281. The Morgan fingerprint density at radius 1 is 1.47 bits per heavy atom. The number of carbonyl (C=O) groups is 2. The smallest absolute Gasteiger partial charge is 0.232 e. The van der Waals surface area contributed by atoms with Gasteiger partial charge in [0.05, 0.1) is 12.6 Å². The van der Waals surface area contributed by atoms with Crippen molar-refractivity contribution in [1.29, 1.82) is 0 Å². The van der Waals surface area contributed by atoms with E-state index < -0.39 is 0 Å². The molecule has 0 atom stereocenters. The largest absolute Gasteiger partial charge is 0.311 e. The van der Waals surface area contributed by atoms with Crippen LogP contribution in [0.5, 0.6) is 0 Å². The van der Waals surface area contributed by atoms with Gasteiger partial charge in [-0.05, 0) is 6.92 Å². The minimum Gasteiger partial charge on any atom is -0.311 e. The summed E-state index contributed by atoms with van der Waals surface area (Å²) >= 11 is 0. The summed E-state index contributed by atoms with van der Waals surface area (Å²) < 4.78 is 1.66. The molecule has 1 N–H and O–H groups in total. The van der Waals surface area contributed by atoms with E-state index in [9.17, 15) is 9.59 Å². The molecule has 1 heterocycles. The van der Waals surface area contributed by atoms with Crippen LogP contribution in [0.15, 0.2) is 12.3 Å². The van der Waals surface area contributed by atoms with E-state index in [4.69, 9.17) is 0 Å². The Hall–Kier alpha value is -1.65. The summed E-state index contributed by atoms with van der Waals surface area (Å²) in [6.07, 6.45) is 1.94. The highest BCUT2D eigenvalue weighted by Gasteiger charge is 2.09. The summed E-state index contributed by atoms with van der Waals surface area (Å²) in [5, 5.41) is 6.65. The number of amides is 1. The molecule has 1 rings (SSSR count). The Balaban J connectivity index is 2.55. The molecule has 0 saturated heterocycles. The summed E-state index contributed by atoms with van der Waals surface area (Å²) in [4.78, 5) is 22.4. The van der Waals surface area contributed by atoms with Gasteiger partial charge in [-0.1, -0.05) is 6.92 Å². The number of ketones is 1. The second kappa shape index (κ2) is 5.29. The summed E-state index contributed by atoms with van der Waals surface area (Å²) in [7, 11) is 0. The first-order valence-corrected chi connectivity index (χ1v) is 5.00. The lowest BCUT2D eigenvalue weighted by Gasteiger charge is -2.05. The van der Waals surface area contributed by atoms with Gasteiger partial charge in [-0.2, -0.15) is 5.10 Å². The molecule has 0 bridgehead atoms. The van der Waals surface area contributed by atoms with Crippen molar-refractivity contribution in [1.82, 2.24) is 9.78 Å². The molecule has 5 nitrogen and oxygen atoms in total. The maximum atomic E-state index is 11.4. The molecular formula is C10H15N3O2. The Kier molecular flexibility index (Phi) is 4.03. The number of aryl methyl sites for hydroxylation is 1. The molecule has 0 spiro atoms. The monoisotopic (exact) mass is 209 g/mol. The minimum absolute atomic E-state index is 0.0601. The number of rotatable bonds is 5. The SMILES string of the molecule is CCC(=O)CC(=O)Nc1ccnn1CC. The predicted octanol–water partition coefficient (Wildman–Crippen LogP) is 1.21. The number of Topliss-reactive ketones (excluding diaryl/α,β-unsaturated/α-hetero) is 1. The van der Waals surface area contributed by atoms with Crippen molar-refractivity contribution >= 4 is 17.5 Å². The maximum Gasteiger partial charge on any atom is 0.232 e. The van der Waals surface area contributed by atoms with E-state index in [-0.39, 0.29) is 18.1 Å². The predicted molar refractivity (Wildman–Crippen MR) is 56.4 cm³/mol. The Morgan fingerprint density at radius 2 is 2.20 bits per heavy atom. The van der Waals surface area contributed by atoms with E-state index in [0.29, 0.717) is 18.8 Å². The van der Waals surface area contributed by atoms with Gasteiger partial charge < -0.3 is 5.32 Å². The van der Waals surface area contributed by atoms with Crippen LogP contribution in [0.3, 0.4) is 0 Å². The zero-order valence-electron chi connectivity index (χ0n) is 8.99. The first-order valence-electron chi connectivity index (χ1n) is 5.00. The molecule has 1 amide bonds. The molecule has 0 fully saturated rings. The first kappa shape index (κ1) is 11.4. The fraction of sp³-hybridized carbons (Fsp3) is 0.500. The molecule has 5 heteroatoms. The number of nitrogens with zero attached hydrogens (tertiary/aromatic N) is 2. The van der Waals surface area contributed by atoms with Crippen LogP contribution in [-0.4, -0.2) is 21.5 Å². The summed E-state index contributed by atoms with van der Waals surface area (Å²) in [6, 6.07) is 1.71. The van der Waals surface area contributed by atoms with Crippen LogP contribution in [0.1, 0.15) is 26.7 Å². The van der Waals surface area contributed by atoms with Crippen LogP contribution in [0.25, 0.3) is 0 Å². The fourth-order valence-electron chi connectivity index (χ4n) is 1.18. The number of carbonyl (C=O) groups excluding carboxylic acids is 2. The number of hydrogen-bond acceptors (Lipinski definition) is 3. The average molecular weight is 209 g/mol. The lowest BCUT2D eigenvalue weighted by Crippen LogP contribution is -2.18. The highest BCUT2D eigenvalue weighted by Crippen LogP contribution is 2.06. The Labute approximate surface area is 88.5 Å². The summed E-state index contributed by atoms with van der Waals surface area (Å²) in [5.41, 5.74) is 0. The quantitative estimate of drug-likeness (QED) is 0.741. The van der Waals surface area contributed by atoms with Crippen LogP contribution in [-0.2, 0) is 16.1 Å². The molecule has 0 unspecified atom stereocenters. The van der Waals surface area contributed by atoms with Crippen molar-refractivity contribution < 1.29 is 9.59 Å². The molecule has 1 aromatic rings. The van der Waals surface area contributed by atoms with E-state index in [1.54, 1.807) is 23.9 Å². The van der Waals surface area contributed by atoms with Crippen molar-refractivity contribution in [3.05, 3.63) is 12.3 Å². The molecule has 1 aromatic heterocycles. The highest BCUT2D eigenvalue weighted by atomic mass is 16.2. The summed E-state index contributed by atoms with van der Waals surface area (Å²) in [6.45, 7) is 4.36. The number of hydrogen-bond donors (Lipinski definition) is 1. The van der Waals surface area contributed by atoms with Crippen molar-refractivity contribution in [3.63, 3.8) is 0 Å². The molecule has 0 aliphatic carbocycles. The Bertz CT molecular complexity index is 357. The highest BCUT2D eigenvalue weighted by molar-refractivity contribution is 6.03. The van der Waals surface area contributed by atoms with Gasteiger partial charge in [-0.25, -0.2) is 4.68 Å². The lowest BCUT2D eigenvalue weighted by molar-refractivity contribution is -0.125. The fourth-order valence-corrected chi connectivity index (χ4v) is 1.18. The number of aromatic nitrogens is 2. The van der Waals surface area contributed by atoms with Crippen LogP contribution in [0, 0.1) is 0 Å². The molecule has 82 valence electrons. The van der Waals surface area contributed by atoms with E-state index in [1.165, 1.54) is 0 Å². The van der Waals surface area contributed by atoms with Gasteiger partial charge in [-0.15, -0.1) is 0 Å². The third kappa shape index (κ3) is 3.19. The number of anilines is 1. The zero-order valence-corrected chi connectivity index (χ0v) is 8.99. The van der Waals surface area contributed by atoms with E-state index in [0.717, 1.165) is 0 Å². The molecule has 0 saturated carbocycles. The molecule has 15 heavy (non-hydrogen) atoms. The first-order chi connectivity index (χ1) is 7.17. The van der Waals surface area contributed by atoms with E-state index in [1.807, 2.05) is 6.92 Å². The maximum absolute atomic E-state index is 11.4. The third-order valence-electron chi connectivity index (χ3n) is 2.04. The van der Waals surface area contributed by atoms with Gasteiger partial charge in [0.1, 0.15) is 11.6 Å². The van der Waals surface area contributed by atoms with Crippen LogP contribution in [0.4, 0.5) is 5.82 Å². The molecule has 0 aliphatic heterocycles.